The summed E-state index contributed by atoms with van der Waals surface area (Å²) in [6, 6.07) is 13.2. The quantitative estimate of drug-likeness (QED) is 0.536. The third-order valence-corrected chi connectivity index (χ3v) is 5.07. The molecule has 2 aromatic rings. The van der Waals surface area contributed by atoms with Crippen molar-refractivity contribution in [3.05, 3.63) is 53.6 Å². The Morgan fingerprint density at radius 2 is 1.90 bits per heavy atom. The molecule has 0 aliphatic carbocycles. The first-order valence-electron chi connectivity index (χ1n) is 10.1. The number of amides is 1. The van der Waals surface area contributed by atoms with Crippen LogP contribution in [0.3, 0.4) is 0 Å². The van der Waals surface area contributed by atoms with Crippen LogP contribution in [-0.2, 0) is 0 Å². The molecule has 0 spiro atoms. The number of ether oxygens (including phenoxy) is 2. The Hall–Kier alpha value is -3.02. The van der Waals surface area contributed by atoms with Crippen molar-refractivity contribution in [3.63, 3.8) is 0 Å². The fourth-order valence-corrected chi connectivity index (χ4v) is 3.19. The van der Waals surface area contributed by atoms with Gasteiger partial charge in [0.2, 0.25) is 0 Å². The molecule has 2 aromatic carbocycles. The number of anilines is 1. The Labute approximate surface area is 172 Å². The molecule has 1 fully saturated rings. The summed E-state index contributed by atoms with van der Waals surface area (Å²) in [5.41, 5.74) is 5.13. The van der Waals surface area contributed by atoms with Gasteiger partial charge in [-0.1, -0.05) is 6.92 Å². The topological polar surface area (TPSA) is 63.2 Å². The van der Waals surface area contributed by atoms with Gasteiger partial charge in [-0.15, -0.1) is 0 Å². The average molecular weight is 396 g/mol. The van der Waals surface area contributed by atoms with Gasteiger partial charge in [0.1, 0.15) is 0 Å². The predicted molar refractivity (Wildman–Crippen MR) is 116 cm³/mol. The zero-order chi connectivity index (χ0) is 20.6. The SMILES string of the molecule is CC[C@H](C)Oc1ccc(/C=N\NC(=O)c2ccc(N3CCCC3)cc2)cc1OC. The summed E-state index contributed by atoms with van der Waals surface area (Å²) in [7, 11) is 1.60. The second-order valence-corrected chi connectivity index (χ2v) is 7.19. The normalized spacial score (nSPS) is 14.8. The number of nitrogens with zero attached hydrogens (tertiary/aromatic N) is 2. The highest BCUT2D eigenvalue weighted by molar-refractivity contribution is 5.95. The van der Waals surface area contributed by atoms with Gasteiger partial charge < -0.3 is 14.4 Å². The van der Waals surface area contributed by atoms with Crippen LogP contribution in [0.4, 0.5) is 5.69 Å². The lowest BCUT2D eigenvalue weighted by Gasteiger charge is -2.17. The number of nitrogens with one attached hydrogen (secondary N) is 1. The van der Waals surface area contributed by atoms with Crippen LogP contribution in [0.5, 0.6) is 11.5 Å². The van der Waals surface area contributed by atoms with Crippen molar-refractivity contribution < 1.29 is 14.3 Å². The summed E-state index contributed by atoms with van der Waals surface area (Å²) in [6.45, 7) is 6.25. The van der Waals surface area contributed by atoms with Crippen molar-refractivity contribution in [2.75, 3.05) is 25.1 Å². The molecule has 0 aromatic heterocycles. The molecular weight excluding hydrogens is 366 g/mol. The van der Waals surface area contributed by atoms with Crippen LogP contribution >= 0.6 is 0 Å². The molecular formula is C23H29N3O3. The van der Waals surface area contributed by atoms with Crippen LogP contribution < -0.4 is 19.8 Å². The van der Waals surface area contributed by atoms with E-state index in [-0.39, 0.29) is 12.0 Å². The van der Waals surface area contributed by atoms with Gasteiger partial charge >= 0.3 is 0 Å². The molecule has 3 rings (SSSR count). The van der Waals surface area contributed by atoms with Crippen molar-refractivity contribution in [2.24, 2.45) is 5.10 Å². The third-order valence-electron chi connectivity index (χ3n) is 5.07. The Morgan fingerprint density at radius 1 is 1.17 bits per heavy atom. The van der Waals surface area contributed by atoms with E-state index in [9.17, 15) is 4.79 Å². The van der Waals surface area contributed by atoms with E-state index >= 15 is 0 Å². The molecule has 0 unspecified atom stereocenters. The number of hydrazone groups is 1. The van der Waals surface area contributed by atoms with Crippen molar-refractivity contribution >= 4 is 17.8 Å². The van der Waals surface area contributed by atoms with Gasteiger partial charge in [0.15, 0.2) is 11.5 Å². The number of methoxy groups -OCH3 is 1. The van der Waals surface area contributed by atoms with Crippen LogP contribution in [0.25, 0.3) is 0 Å². The maximum absolute atomic E-state index is 12.3. The van der Waals surface area contributed by atoms with Gasteiger partial charge in [-0.2, -0.15) is 5.10 Å². The van der Waals surface area contributed by atoms with E-state index in [1.807, 2.05) is 49.4 Å². The summed E-state index contributed by atoms with van der Waals surface area (Å²) in [5.74, 6) is 1.09. The zero-order valence-electron chi connectivity index (χ0n) is 17.4. The number of hydrogen-bond acceptors (Lipinski definition) is 5. The third kappa shape index (κ3) is 5.50. The van der Waals surface area contributed by atoms with E-state index in [1.54, 1.807) is 13.3 Å². The van der Waals surface area contributed by atoms with Crippen molar-refractivity contribution in [3.8, 4) is 11.5 Å². The number of benzene rings is 2. The minimum absolute atomic E-state index is 0.111. The monoisotopic (exact) mass is 395 g/mol. The Morgan fingerprint density at radius 3 is 2.55 bits per heavy atom. The molecule has 0 saturated carbocycles. The molecule has 1 amide bonds. The predicted octanol–water partition coefficient (Wildman–Crippen LogP) is 4.24. The first kappa shape index (κ1) is 20.7. The lowest BCUT2D eigenvalue weighted by atomic mass is 10.2. The number of carbonyl (C=O) groups is 1. The largest absolute Gasteiger partial charge is 0.493 e. The van der Waals surface area contributed by atoms with E-state index < -0.39 is 0 Å². The highest BCUT2D eigenvalue weighted by Crippen LogP contribution is 2.29. The number of hydrogen-bond donors (Lipinski definition) is 1. The Balaban J connectivity index is 1.59. The van der Waals surface area contributed by atoms with Crippen LogP contribution in [0, 0.1) is 0 Å². The van der Waals surface area contributed by atoms with E-state index in [2.05, 4.69) is 22.4 Å². The van der Waals surface area contributed by atoms with E-state index in [0.717, 1.165) is 30.8 Å². The smallest absolute Gasteiger partial charge is 0.271 e. The van der Waals surface area contributed by atoms with E-state index in [0.29, 0.717) is 17.1 Å². The molecule has 1 aliphatic heterocycles. The molecule has 1 aliphatic rings. The van der Waals surface area contributed by atoms with Gasteiger partial charge in [-0.25, -0.2) is 5.43 Å². The second-order valence-electron chi connectivity index (χ2n) is 7.19. The first-order chi connectivity index (χ1) is 14.1. The maximum atomic E-state index is 12.3. The lowest BCUT2D eigenvalue weighted by Crippen LogP contribution is -2.19. The van der Waals surface area contributed by atoms with Gasteiger partial charge in [-0.3, -0.25) is 4.79 Å². The number of carbonyl (C=O) groups excluding carboxylic acids is 1. The first-order valence-corrected chi connectivity index (χ1v) is 10.1. The molecule has 0 radical (unpaired) electrons. The minimum Gasteiger partial charge on any atom is -0.493 e. The van der Waals surface area contributed by atoms with Gasteiger partial charge in [0, 0.05) is 24.3 Å². The molecule has 1 saturated heterocycles. The van der Waals surface area contributed by atoms with Crippen LogP contribution in [0.1, 0.15) is 49.0 Å². The maximum Gasteiger partial charge on any atom is 0.271 e. The molecule has 0 bridgehead atoms. The molecule has 1 atom stereocenters. The van der Waals surface area contributed by atoms with Crippen molar-refractivity contribution in [1.82, 2.24) is 5.43 Å². The highest BCUT2D eigenvalue weighted by Gasteiger charge is 2.13. The lowest BCUT2D eigenvalue weighted by molar-refractivity contribution is 0.0955. The van der Waals surface area contributed by atoms with Crippen LogP contribution in [0.15, 0.2) is 47.6 Å². The van der Waals surface area contributed by atoms with Gasteiger partial charge in [0.05, 0.1) is 19.4 Å². The Bertz CT molecular complexity index is 843. The van der Waals surface area contributed by atoms with E-state index in [1.165, 1.54) is 12.8 Å². The molecule has 1 N–H and O–H groups in total. The summed E-state index contributed by atoms with van der Waals surface area (Å²) in [6.07, 6.45) is 5.07. The summed E-state index contributed by atoms with van der Waals surface area (Å²) < 4.78 is 11.2. The van der Waals surface area contributed by atoms with Crippen LogP contribution in [0.2, 0.25) is 0 Å². The fourth-order valence-electron chi connectivity index (χ4n) is 3.19. The van der Waals surface area contributed by atoms with E-state index in [4.69, 9.17) is 9.47 Å². The molecule has 29 heavy (non-hydrogen) atoms. The van der Waals surface area contributed by atoms with Gasteiger partial charge in [-0.05, 0) is 74.2 Å². The second kappa shape index (κ2) is 9.96. The number of rotatable bonds is 8. The molecule has 154 valence electrons. The van der Waals surface area contributed by atoms with Crippen LogP contribution in [-0.4, -0.2) is 38.4 Å². The Kier molecular flexibility index (Phi) is 7.11. The molecule has 1 heterocycles. The highest BCUT2D eigenvalue weighted by atomic mass is 16.5. The standard InChI is InChI=1S/C23H29N3O3/c1-4-17(2)29-21-12-7-18(15-22(21)28-3)16-24-25-23(27)19-8-10-20(11-9-19)26-13-5-6-14-26/h7-12,15-17H,4-6,13-14H2,1-3H3,(H,25,27)/b24-16-/t17-/m0/s1. The fraction of sp³-hybridized carbons (Fsp3) is 0.391. The molecule has 6 nitrogen and oxygen atoms in total. The van der Waals surface area contributed by atoms with Crippen molar-refractivity contribution in [2.45, 2.75) is 39.2 Å². The summed E-state index contributed by atoms with van der Waals surface area (Å²) >= 11 is 0. The zero-order valence-corrected chi connectivity index (χ0v) is 17.4. The minimum atomic E-state index is -0.238. The summed E-state index contributed by atoms with van der Waals surface area (Å²) in [4.78, 5) is 14.7. The average Bonchev–Trinajstić information content (AvgIpc) is 3.29. The molecule has 6 heteroatoms. The summed E-state index contributed by atoms with van der Waals surface area (Å²) in [5, 5.41) is 4.07. The van der Waals surface area contributed by atoms with Gasteiger partial charge in [0.25, 0.3) is 5.91 Å². The van der Waals surface area contributed by atoms with Crippen molar-refractivity contribution in [1.29, 1.82) is 0 Å².